The molecule has 0 saturated carbocycles. The second-order valence-corrected chi connectivity index (χ2v) is 5.40. The van der Waals surface area contributed by atoms with Crippen LogP contribution in [0.5, 0.6) is 0 Å². The van der Waals surface area contributed by atoms with E-state index in [1.165, 1.54) is 0 Å². The lowest BCUT2D eigenvalue weighted by Gasteiger charge is -2.13. The molecule has 7 nitrogen and oxygen atoms in total. The Morgan fingerprint density at radius 3 is 2.62 bits per heavy atom. The predicted octanol–water partition coefficient (Wildman–Crippen LogP) is 2.72. The van der Waals surface area contributed by atoms with Crippen molar-refractivity contribution in [3.63, 3.8) is 0 Å². The van der Waals surface area contributed by atoms with Crippen LogP contribution in [-0.2, 0) is 7.05 Å². The maximum absolute atomic E-state index is 12.0. The first-order chi connectivity index (χ1) is 9.88. The third-order valence-corrected chi connectivity index (χ3v) is 3.43. The molecule has 2 amide bonds. The Balaban J connectivity index is 1.96. The van der Waals surface area contributed by atoms with Gasteiger partial charge in [-0.15, -0.1) is 0 Å². The Bertz CT molecular complexity index is 629. The molecule has 2 N–H and O–H groups in total. The molecule has 2 rings (SSSR count). The summed E-state index contributed by atoms with van der Waals surface area (Å²) in [5.74, 6) is 1.38. The minimum absolute atomic E-state index is 0.143. The summed E-state index contributed by atoms with van der Waals surface area (Å²) < 4.78 is 6.91. The van der Waals surface area contributed by atoms with Crippen LogP contribution in [0.4, 0.5) is 10.6 Å². The molecule has 2 aromatic heterocycles. The highest BCUT2D eigenvalue weighted by atomic mass is 16.5. The fourth-order valence-corrected chi connectivity index (χ4v) is 1.99. The van der Waals surface area contributed by atoms with Gasteiger partial charge in [-0.05, 0) is 13.8 Å². The van der Waals surface area contributed by atoms with Crippen LogP contribution in [0.3, 0.4) is 0 Å². The second kappa shape index (κ2) is 5.99. The van der Waals surface area contributed by atoms with Crippen molar-refractivity contribution in [2.45, 2.75) is 39.7 Å². The molecule has 2 aromatic rings. The number of rotatable bonds is 4. The minimum atomic E-state index is -0.325. The molecular formula is C14H21N5O2. The predicted molar refractivity (Wildman–Crippen MR) is 79.1 cm³/mol. The van der Waals surface area contributed by atoms with E-state index in [-0.39, 0.29) is 18.0 Å². The first-order valence-electron chi connectivity index (χ1n) is 6.91. The van der Waals surface area contributed by atoms with E-state index in [4.69, 9.17) is 4.52 Å². The monoisotopic (exact) mass is 291 g/mol. The summed E-state index contributed by atoms with van der Waals surface area (Å²) in [5.41, 5.74) is 2.00. The molecule has 0 aromatic carbocycles. The molecule has 1 atom stereocenters. The van der Waals surface area contributed by atoms with Crippen molar-refractivity contribution in [2.75, 3.05) is 5.32 Å². The number of urea groups is 1. The van der Waals surface area contributed by atoms with Gasteiger partial charge in [0.1, 0.15) is 5.76 Å². The summed E-state index contributed by atoms with van der Waals surface area (Å²) in [7, 11) is 1.87. The molecule has 21 heavy (non-hydrogen) atoms. The highest BCUT2D eigenvalue weighted by molar-refractivity contribution is 5.88. The molecule has 114 valence electrons. The third-order valence-electron chi connectivity index (χ3n) is 3.43. The van der Waals surface area contributed by atoms with E-state index in [1.807, 2.05) is 34.7 Å². The smallest absolute Gasteiger partial charge is 0.320 e. The molecule has 0 fully saturated rings. The van der Waals surface area contributed by atoms with Crippen LogP contribution in [0, 0.1) is 6.92 Å². The zero-order chi connectivity index (χ0) is 15.6. The average molecular weight is 291 g/mol. The lowest BCUT2D eigenvalue weighted by Crippen LogP contribution is -2.31. The molecule has 0 aliphatic carbocycles. The molecule has 2 heterocycles. The summed E-state index contributed by atoms with van der Waals surface area (Å²) in [6, 6.07) is 1.26. The lowest BCUT2D eigenvalue weighted by molar-refractivity contribution is 0.249. The number of carbonyl (C=O) groups is 1. The highest BCUT2D eigenvalue weighted by Crippen LogP contribution is 2.19. The van der Waals surface area contributed by atoms with Crippen LogP contribution in [0.25, 0.3) is 0 Å². The fourth-order valence-electron chi connectivity index (χ4n) is 1.99. The number of anilines is 1. The molecule has 0 aliphatic rings. The van der Waals surface area contributed by atoms with E-state index in [0.717, 1.165) is 17.0 Å². The molecule has 7 heteroatoms. The van der Waals surface area contributed by atoms with E-state index in [0.29, 0.717) is 5.82 Å². The maximum atomic E-state index is 12.0. The van der Waals surface area contributed by atoms with Gasteiger partial charge < -0.3 is 9.84 Å². The Labute approximate surface area is 123 Å². The van der Waals surface area contributed by atoms with Crippen molar-refractivity contribution in [3.8, 4) is 0 Å². The first kappa shape index (κ1) is 15.1. The standard InChI is InChI=1S/C14H21N5O2/c1-8(2)12-6-13(18-21-12)17-14(20)16-9(3)11-7-15-19(5)10(11)4/h6-9H,1-5H3,(H2,16,17,18,20). The summed E-state index contributed by atoms with van der Waals surface area (Å²) in [4.78, 5) is 12.0. The Morgan fingerprint density at radius 1 is 1.38 bits per heavy atom. The molecule has 0 aliphatic heterocycles. The van der Waals surface area contributed by atoms with Gasteiger partial charge in [0.25, 0.3) is 0 Å². The van der Waals surface area contributed by atoms with Gasteiger partial charge in [0.2, 0.25) is 0 Å². The number of nitrogens with zero attached hydrogens (tertiary/aromatic N) is 3. The number of hydrogen-bond acceptors (Lipinski definition) is 4. The quantitative estimate of drug-likeness (QED) is 0.907. The van der Waals surface area contributed by atoms with Crippen molar-refractivity contribution in [2.24, 2.45) is 7.05 Å². The zero-order valence-electron chi connectivity index (χ0n) is 13.0. The van der Waals surface area contributed by atoms with Crippen molar-refractivity contribution in [3.05, 3.63) is 29.3 Å². The topological polar surface area (TPSA) is 85.0 Å². The van der Waals surface area contributed by atoms with Crippen molar-refractivity contribution in [1.82, 2.24) is 20.3 Å². The number of hydrogen-bond donors (Lipinski definition) is 2. The lowest BCUT2D eigenvalue weighted by atomic mass is 10.1. The third kappa shape index (κ3) is 3.42. The molecule has 0 bridgehead atoms. The zero-order valence-corrected chi connectivity index (χ0v) is 13.0. The number of aromatic nitrogens is 3. The van der Waals surface area contributed by atoms with E-state index < -0.39 is 0 Å². The van der Waals surface area contributed by atoms with Crippen LogP contribution < -0.4 is 10.6 Å². The van der Waals surface area contributed by atoms with Crippen molar-refractivity contribution >= 4 is 11.8 Å². The van der Waals surface area contributed by atoms with E-state index in [1.54, 1.807) is 16.9 Å². The van der Waals surface area contributed by atoms with Crippen molar-refractivity contribution < 1.29 is 9.32 Å². The number of carbonyl (C=O) groups excluding carboxylic acids is 1. The van der Waals surface area contributed by atoms with Crippen LogP contribution >= 0.6 is 0 Å². The van der Waals surface area contributed by atoms with Crippen molar-refractivity contribution in [1.29, 1.82) is 0 Å². The van der Waals surface area contributed by atoms with Gasteiger partial charge in [-0.25, -0.2) is 4.79 Å². The molecule has 0 saturated heterocycles. The van der Waals surface area contributed by atoms with Gasteiger partial charge in [-0.1, -0.05) is 19.0 Å². The van der Waals surface area contributed by atoms with Crippen LogP contribution in [-0.4, -0.2) is 21.0 Å². The molecular weight excluding hydrogens is 270 g/mol. The number of amides is 2. The summed E-state index contributed by atoms with van der Waals surface area (Å²) in [5, 5.41) is 13.5. The van der Waals surface area contributed by atoms with Gasteiger partial charge in [-0.3, -0.25) is 10.00 Å². The van der Waals surface area contributed by atoms with Gasteiger partial charge in [0.15, 0.2) is 5.82 Å². The van der Waals surface area contributed by atoms with E-state index in [9.17, 15) is 4.79 Å². The van der Waals surface area contributed by atoms with Gasteiger partial charge in [0.05, 0.1) is 12.2 Å². The van der Waals surface area contributed by atoms with Gasteiger partial charge >= 0.3 is 6.03 Å². The Kier molecular flexibility index (Phi) is 4.30. The fraction of sp³-hybridized carbons (Fsp3) is 0.500. The Morgan fingerprint density at radius 2 is 2.10 bits per heavy atom. The van der Waals surface area contributed by atoms with E-state index in [2.05, 4.69) is 20.9 Å². The number of nitrogens with one attached hydrogen (secondary N) is 2. The normalized spacial score (nSPS) is 12.5. The average Bonchev–Trinajstić information content (AvgIpc) is 2.98. The van der Waals surface area contributed by atoms with Crippen LogP contribution in [0.15, 0.2) is 16.8 Å². The summed E-state index contributed by atoms with van der Waals surface area (Å²) >= 11 is 0. The van der Waals surface area contributed by atoms with Crippen LogP contribution in [0.1, 0.15) is 49.7 Å². The Hall–Kier alpha value is -2.31. The van der Waals surface area contributed by atoms with E-state index >= 15 is 0 Å². The van der Waals surface area contributed by atoms with Gasteiger partial charge in [0, 0.05) is 30.3 Å². The van der Waals surface area contributed by atoms with Crippen LogP contribution in [0.2, 0.25) is 0 Å². The maximum Gasteiger partial charge on any atom is 0.320 e. The molecule has 1 unspecified atom stereocenters. The second-order valence-electron chi connectivity index (χ2n) is 5.40. The SMILES string of the molecule is Cc1c(C(C)NC(=O)Nc2cc(C(C)C)on2)cnn1C. The summed E-state index contributed by atoms with van der Waals surface area (Å²) in [6.07, 6.45) is 1.76. The molecule has 0 radical (unpaired) electrons. The largest absolute Gasteiger partial charge is 0.359 e. The first-order valence-corrected chi connectivity index (χ1v) is 6.91. The highest BCUT2D eigenvalue weighted by Gasteiger charge is 2.16. The van der Waals surface area contributed by atoms with Gasteiger partial charge in [-0.2, -0.15) is 5.10 Å². The summed E-state index contributed by atoms with van der Waals surface area (Å²) in [6.45, 7) is 7.87. The molecule has 0 spiro atoms. The number of aryl methyl sites for hydroxylation is 1. The minimum Gasteiger partial charge on any atom is -0.359 e.